The van der Waals surface area contributed by atoms with Crippen molar-refractivity contribution in [2.75, 3.05) is 18.8 Å². The molecule has 1 aliphatic carbocycles. The number of amides is 1. The SMILES string of the molecule is CCN(CC)C(=O)CSc1nc2sc3c(c2c(=O)n1-c1ccccc1)CC[C@@H](C(C)(C)C)C3. The number of rotatable bonds is 6. The average molecular weight is 484 g/mol. The van der Waals surface area contributed by atoms with Crippen molar-refractivity contribution in [2.24, 2.45) is 11.3 Å². The molecule has 0 bridgehead atoms. The van der Waals surface area contributed by atoms with E-state index in [1.54, 1.807) is 15.9 Å². The number of aromatic nitrogens is 2. The summed E-state index contributed by atoms with van der Waals surface area (Å²) in [4.78, 5) is 35.4. The van der Waals surface area contributed by atoms with E-state index >= 15 is 0 Å². The first-order valence-corrected chi connectivity index (χ1v) is 13.6. The van der Waals surface area contributed by atoms with Gasteiger partial charge in [0.2, 0.25) is 5.91 Å². The van der Waals surface area contributed by atoms with Gasteiger partial charge in [-0.3, -0.25) is 14.2 Å². The Morgan fingerprint density at radius 3 is 2.55 bits per heavy atom. The first-order chi connectivity index (χ1) is 15.7. The number of aryl methyl sites for hydroxylation is 1. The van der Waals surface area contributed by atoms with Crippen LogP contribution in [0.3, 0.4) is 0 Å². The van der Waals surface area contributed by atoms with Crippen LogP contribution in [0.25, 0.3) is 15.9 Å². The highest BCUT2D eigenvalue weighted by Gasteiger charge is 2.32. The van der Waals surface area contributed by atoms with E-state index in [0.717, 1.165) is 35.2 Å². The summed E-state index contributed by atoms with van der Waals surface area (Å²) in [6.07, 6.45) is 3.03. The molecule has 2 heterocycles. The number of thiophene rings is 1. The largest absolute Gasteiger partial charge is 0.343 e. The smallest absolute Gasteiger partial charge is 0.267 e. The van der Waals surface area contributed by atoms with E-state index in [4.69, 9.17) is 4.98 Å². The van der Waals surface area contributed by atoms with Crippen molar-refractivity contribution in [1.82, 2.24) is 14.5 Å². The molecule has 0 N–H and O–H groups in total. The van der Waals surface area contributed by atoms with Crippen LogP contribution in [0.4, 0.5) is 0 Å². The minimum Gasteiger partial charge on any atom is -0.343 e. The van der Waals surface area contributed by atoms with Crippen molar-refractivity contribution in [2.45, 2.75) is 59.0 Å². The van der Waals surface area contributed by atoms with Crippen LogP contribution in [0.1, 0.15) is 51.5 Å². The minimum atomic E-state index is -0.0179. The van der Waals surface area contributed by atoms with Gasteiger partial charge in [0.15, 0.2) is 5.16 Å². The van der Waals surface area contributed by atoms with Crippen LogP contribution >= 0.6 is 23.1 Å². The molecule has 2 aromatic heterocycles. The third kappa shape index (κ3) is 4.76. The van der Waals surface area contributed by atoms with E-state index < -0.39 is 0 Å². The van der Waals surface area contributed by atoms with E-state index in [-0.39, 0.29) is 22.6 Å². The fourth-order valence-corrected chi connectivity index (χ4v) is 6.90. The molecule has 1 amide bonds. The Kier molecular flexibility index (Phi) is 7.01. The Labute approximate surface area is 204 Å². The fraction of sp³-hybridized carbons (Fsp3) is 0.500. The van der Waals surface area contributed by atoms with Crippen LogP contribution in [0.2, 0.25) is 0 Å². The first-order valence-electron chi connectivity index (χ1n) is 11.8. The molecule has 1 aliphatic rings. The van der Waals surface area contributed by atoms with E-state index in [1.165, 1.54) is 22.2 Å². The van der Waals surface area contributed by atoms with E-state index in [1.807, 2.05) is 49.1 Å². The zero-order valence-electron chi connectivity index (χ0n) is 20.2. The van der Waals surface area contributed by atoms with Gasteiger partial charge in [-0.1, -0.05) is 50.7 Å². The van der Waals surface area contributed by atoms with Crippen LogP contribution in [0.5, 0.6) is 0 Å². The Morgan fingerprint density at radius 2 is 1.91 bits per heavy atom. The fourth-order valence-electron chi connectivity index (χ4n) is 4.64. The molecule has 1 aromatic carbocycles. The van der Waals surface area contributed by atoms with Crippen molar-refractivity contribution in [3.63, 3.8) is 0 Å². The Bertz CT molecular complexity index is 1200. The number of hydrogen-bond donors (Lipinski definition) is 0. The van der Waals surface area contributed by atoms with E-state index in [0.29, 0.717) is 24.2 Å². The normalized spacial score (nSPS) is 16.1. The van der Waals surface area contributed by atoms with Crippen LogP contribution in [0, 0.1) is 11.3 Å². The Balaban J connectivity index is 1.80. The molecule has 0 fully saturated rings. The number of nitrogens with zero attached hydrogens (tertiary/aromatic N) is 3. The van der Waals surface area contributed by atoms with Gasteiger partial charge in [-0.05, 0) is 62.1 Å². The highest BCUT2D eigenvalue weighted by Crippen LogP contribution is 2.42. The molecule has 4 rings (SSSR count). The van der Waals surface area contributed by atoms with Gasteiger partial charge in [0.25, 0.3) is 5.56 Å². The van der Waals surface area contributed by atoms with Crippen LogP contribution in [0.15, 0.2) is 40.3 Å². The van der Waals surface area contributed by atoms with Crippen LogP contribution in [-0.4, -0.2) is 39.2 Å². The van der Waals surface area contributed by atoms with E-state index in [2.05, 4.69) is 20.8 Å². The number of fused-ring (bicyclic) bond motifs is 3. The number of thioether (sulfide) groups is 1. The van der Waals surface area contributed by atoms with Crippen LogP contribution in [-0.2, 0) is 17.6 Å². The highest BCUT2D eigenvalue weighted by molar-refractivity contribution is 7.99. The van der Waals surface area contributed by atoms with Gasteiger partial charge < -0.3 is 4.90 Å². The minimum absolute atomic E-state index is 0.0179. The van der Waals surface area contributed by atoms with E-state index in [9.17, 15) is 9.59 Å². The topological polar surface area (TPSA) is 55.2 Å². The lowest BCUT2D eigenvalue weighted by Crippen LogP contribution is -2.32. The monoisotopic (exact) mass is 483 g/mol. The second-order valence-electron chi connectivity index (χ2n) is 9.71. The first kappa shape index (κ1) is 24.0. The average Bonchev–Trinajstić information content (AvgIpc) is 3.16. The maximum atomic E-state index is 13.9. The molecule has 0 unspecified atom stereocenters. The predicted octanol–water partition coefficient (Wildman–Crippen LogP) is 5.56. The van der Waals surface area contributed by atoms with Crippen molar-refractivity contribution < 1.29 is 4.79 Å². The number of carbonyl (C=O) groups excluding carboxylic acids is 1. The molecule has 7 heteroatoms. The summed E-state index contributed by atoms with van der Waals surface area (Å²) < 4.78 is 1.70. The van der Waals surface area contributed by atoms with Gasteiger partial charge in [0, 0.05) is 18.0 Å². The maximum absolute atomic E-state index is 13.9. The summed E-state index contributed by atoms with van der Waals surface area (Å²) >= 11 is 3.02. The van der Waals surface area contributed by atoms with Gasteiger partial charge in [0.1, 0.15) is 4.83 Å². The van der Waals surface area contributed by atoms with Gasteiger partial charge in [-0.15, -0.1) is 11.3 Å². The molecule has 0 spiro atoms. The summed E-state index contributed by atoms with van der Waals surface area (Å²) in [6.45, 7) is 12.2. The highest BCUT2D eigenvalue weighted by atomic mass is 32.2. The van der Waals surface area contributed by atoms with Crippen molar-refractivity contribution in [3.05, 3.63) is 51.1 Å². The molecule has 33 heavy (non-hydrogen) atoms. The van der Waals surface area contributed by atoms with Crippen LogP contribution < -0.4 is 5.56 Å². The van der Waals surface area contributed by atoms with Gasteiger partial charge in [0.05, 0.1) is 16.8 Å². The standard InChI is InChI=1S/C26H33N3O2S2/c1-6-28(7-2)21(30)16-32-25-27-23-22(24(31)29(25)18-11-9-8-10-12-18)19-14-13-17(26(3,4)5)15-20(19)33-23/h8-12,17H,6-7,13-16H2,1-5H3/t17-/m1/s1. The lowest BCUT2D eigenvalue weighted by molar-refractivity contribution is -0.127. The Hall–Kier alpha value is -2.12. The number of para-hydroxylation sites is 1. The summed E-state index contributed by atoms with van der Waals surface area (Å²) in [5, 5.41) is 1.36. The zero-order valence-corrected chi connectivity index (χ0v) is 21.8. The molecule has 0 saturated carbocycles. The number of benzene rings is 1. The van der Waals surface area contributed by atoms with Crippen molar-refractivity contribution in [3.8, 4) is 5.69 Å². The molecule has 1 atom stereocenters. The lowest BCUT2D eigenvalue weighted by atomic mass is 9.72. The number of hydrogen-bond acceptors (Lipinski definition) is 5. The maximum Gasteiger partial charge on any atom is 0.267 e. The zero-order chi connectivity index (χ0) is 23.8. The third-order valence-corrected chi connectivity index (χ3v) is 8.80. The molecule has 3 aromatic rings. The molecule has 0 saturated heterocycles. The summed E-state index contributed by atoms with van der Waals surface area (Å²) in [7, 11) is 0. The van der Waals surface area contributed by atoms with Gasteiger partial charge in [-0.2, -0.15) is 0 Å². The lowest BCUT2D eigenvalue weighted by Gasteiger charge is -2.33. The van der Waals surface area contributed by atoms with Crippen molar-refractivity contribution in [1.29, 1.82) is 0 Å². The molecule has 0 radical (unpaired) electrons. The molecule has 176 valence electrons. The predicted molar refractivity (Wildman–Crippen MR) is 139 cm³/mol. The summed E-state index contributed by atoms with van der Waals surface area (Å²) in [6, 6.07) is 9.66. The third-order valence-electron chi connectivity index (χ3n) is 6.73. The summed E-state index contributed by atoms with van der Waals surface area (Å²) in [5.74, 6) is 0.941. The quantitative estimate of drug-likeness (QED) is 0.340. The van der Waals surface area contributed by atoms with Gasteiger partial charge in [-0.25, -0.2) is 4.98 Å². The van der Waals surface area contributed by atoms with Gasteiger partial charge >= 0.3 is 0 Å². The number of carbonyl (C=O) groups is 1. The summed E-state index contributed by atoms with van der Waals surface area (Å²) in [5.41, 5.74) is 2.21. The second kappa shape index (κ2) is 9.63. The van der Waals surface area contributed by atoms with Crippen molar-refractivity contribution >= 4 is 39.2 Å². The second-order valence-corrected chi connectivity index (χ2v) is 11.7. The molecule has 5 nitrogen and oxygen atoms in total. The molecule has 0 aliphatic heterocycles. The molecular formula is C26H33N3O2S2. The molecular weight excluding hydrogens is 450 g/mol. The Morgan fingerprint density at radius 1 is 1.21 bits per heavy atom.